The fourth-order valence-electron chi connectivity index (χ4n) is 2.40. The van der Waals surface area contributed by atoms with E-state index in [2.05, 4.69) is 4.98 Å². The van der Waals surface area contributed by atoms with E-state index in [0.717, 1.165) is 33.5 Å². The first kappa shape index (κ1) is 14.2. The van der Waals surface area contributed by atoms with Gasteiger partial charge in [0.05, 0.1) is 17.6 Å². The monoisotopic (exact) mass is 317 g/mol. The van der Waals surface area contributed by atoms with E-state index >= 15 is 0 Å². The Morgan fingerprint density at radius 3 is 2.52 bits per heavy atom. The molecular formula is C17H13Cl2NO. The van der Waals surface area contributed by atoms with Crippen LogP contribution in [-0.2, 0) is 0 Å². The van der Waals surface area contributed by atoms with Gasteiger partial charge < -0.3 is 4.74 Å². The van der Waals surface area contributed by atoms with Gasteiger partial charge >= 0.3 is 0 Å². The van der Waals surface area contributed by atoms with Gasteiger partial charge in [0.15, 0.2) is 0 Å². The Morgan fingerprint density at radius 1 is 0.952 bits per heavy atom. The van der Waals surface area contributed by atoms with E-state index in [9.17, 15) is 0 Å². The number of rotatable bonds is 2. The maximum atomic E-state index is 6.37. The number of pyridine rings is 1. The van der Waals surface area contributed by atoms with Crippen molar-refractivity contribution in [2.24, 2.45) is 0 Å². The number of aromatic nitrogens is 1. The first-order chi connectivity index (χ1) is 10.1. The second kappa shape index (κ2) is 5.55. The molecule has 0 saturated carbocycles. The van der Waals surface area contributed by atoms with E-state index in [4.69, 9.17) is 27.9 Å². The van der Waals surface area contributed by atoms with Crippen LogP contribution >= 0.6 is 23.2 Å². The van der Waals surface area contributed by atoms with Crippen molar-refractivity contribution in [3.8, 4) is 16.9 Å². The van der Waals surface area contributed by atoms with Crippen LogP contribution in [0.2, 0.25) is 10.0 Å². The van der Waals surface area contributed by atoms with Gasteiger partial charge in [-0.15, -0.1) is 0 Å². The highest BCUT2D eigenvalue weighted by Crippen LogP contribution is 2.37. The third-order valence-electron chi connectivity index (χ3n) is 3.38. The van der Waals surface area contributed by atoms with Crippen LogP contribution in [0.5, 0.6) is 5.75 Å². The van der Waals surface area contributed by atoms with E-state index in [1.807, 2.05) is 49.4 Å². The highest BCUT2D eigenvalue weighted by atomic mass is 35.5. The van der Waals surface area contributed by atoms with Gasteiger partial charge in [-0.2, -0.15) is 0 Å². The van der Waals surface area contributed by atoms with Crippen molar-refractivity contribution in [3.05, 3.63) is 58.2 Å². The Bertz CT molecular complexity index is 830. The molecule has 3 rings (SSSR count). The number of fused-ring (bicyclic) bond motifs is 1. The standard InChI is InChI=1S/C17H13Cl2NO/c1-10-8-13(12-4-3-5-16(19)17(12)20-10)14-9-11(21-2)6-7-15(14)18/h3-9H,1-2H3. The van der Waals surface area contributed by atoms with Crippen LogP contribution in [0.15, 0.2) is 42.5 Å². The van der Waals surface area contributed by atoms with Gasteiger partial charge in [0, 0.05) is 21.7 Å². The second-order valence-electron chi connectivity index (χ2n) is 4.79. The Balaban J connectivity index is 2.37. The molecule has 1 heterocycles. The van der Waals surface area contributed by atoms with Crippen LogP contribution in [0.3, 0.4) is 0 Å². The van der Waals surface area contributed by atoms with E-state index in [1.54, 1.807) is 7.11 Å². The first-order valence-electron chi connectivity index (χ1n) is 6.50. The number of ether oxygens (including phenoxy) is 1. The maximum absolute atomic E-state index is 6.37. The largest absolute Gasteiger partial charge is 0.497 e. The molecule has 0 spiro atoms. The number of methoxy groups -OCH3 is 1. The Hall–Kier alpha value is -1.77. The molecule has 4 heteroatoms. The quantitative estimate of drug-likeness (QED) is 0.620. The lowest BCUT2D eigenvalue weighted by Crippen LogP contribution is -1.91. The SMILES string of the molecule is COc1ccc(Cl)c(-c2cc(C)nc3c(Cl)cccc23)c1. The number of para-hydroxylation sites is 1. The lowest BCUT2D eigenvalue weighted by Gasteiger charge is -2.12. The molecule has 0 unspecified atom stereocenters. The van der Waals surface area contributed by atoms with Crippen LogP contribution in [0.25, 0.3) is 22.0 Å². The van der Waals surface area contributed by atoms with Crippen molar-refractivity contribution in [1.82, 2.24) is 4.98 Å². The summed E-state index contributed by atoms with van der Waals surface area (Å²) in [4.78, 5) is 4.53. The molecule has 0 fully saturated rings. The van der Waals surface area contributed by atoms with Gasteiger partial charge in [0.25, 0.3) is 0 Å². The molecule has 0 aliphatic carbocycles. The molecule has 106 valence electrons. The first-order valence-corrected chi connectivity index (χ1v) is 7.25. The number of nitrogens with zero attached hydrogens (tertiary/aromatic N) is 1. The number of aryl methyl sites for hydroxylation is 1. The average Bonchev–Trinajstić information content (AvgIpc) is 2.48. The summed E-state index contributed by atoms with van der Waals surface area (Å²) in [6, 6.07) is 13.4. The Labute approximate surface area is 133 Å². The van der Waals surface area contributed by atoms with Crippen molar-refractivity contribution in [3.63, 3.8) is 0 Å². The number of hydrogen-bond acceptors (Lipinski definition) is 2. The Kier molecular flexibility index (Phi) is 3.75. The van der Waals surface area contributed by atoms with Gasteiger partial charge in [-0.05, 0) is 42.8 Å². The molecule has 3 aromatic rings. The van der Waals surface area contributed by atoms with Gasteiger partial charge in [0.2, 0.25) is 0 Å². The third-order valence-corrected chi connectivity index (χ3v) is 4.02. The molecular weight excluding hydrogens is 305 g/mol. The minimum Gasteiger partial charge on any atom is -0.497 e. The summed E-state index contributed by atoms with van der Waals surface area (Å²) in [5.74, 6) is 0.763. The van der Waals surface area contributed by atoms with Crippen molar-refractivity contribution in [2.75, 3.05) is 7.11 Å². The molecule has 0 aliphatic rings. The summed E-state index contributed by atoms with van der Waals surface area (Å²) < 4.78 is 5.30. The molecule has 0 amide bonds. The molecule has 2 nitrogen and oxygen atoms in total. The summed E-state index contributed by atoms with van der Waals surface area (Å²) >= 11 is 12.6. The van der Waals surface area contributed by atoms with E-state index < -0.39 is 0 Å². The molecule has 0 bridgehead atoms. The normalized spacial score (nSPS) is 10.9. The van der Waals surface area contributed by atoms with E-state index in [-0.39, 0.29) is 0 Å². The molecule has 0 radical (unpaired) electrons. The van der Waals surface area contributed by atoms with Crippen molar-refractivity contribution in [1.29, 1.82) is 0 Å². The van der Waals surface area contributed by atoms with Gasteiger partial charge in [-0.1, -0.05) is 35.3 Å². The second-order valence-corrected chi connectivity index (χ2v) is 5.61. The van der Waals surface area contributed by atoms with Gasteiger partial charge in [-0.3, -0.25) is 4.98 Å². The zero-order chi connectivity index (χ0) is 15.0. The summed E-state index contributed by atoms with van der Waals surface area (Å²) in [6.07, 6.45) is 0. The molecule has 0 aliphatic heterocycles. The summed E-state index contributed by atoms with van der Waals surface area (Å²) in [6.45, 7) is 1.94. The topological polar surface area (TPSA) is 22.1 Å². The smallest absolute Gasteiger partial charge is 0.119 e. The van der Waals surface area contributed by atoms with Crippen LogP contribution in [0.1, 0.15) is 5.69 Å². The van der Waals surface area contributed by atoms with Crippen molar-refractivity contribution >= 4 is 34.1 Å². The minimum absolute atomic E-state index is 0.636. The molecule has 0 N–H and O–H groups in total. The lowest BCUT2D eigenvalue weighted by atomic mass is 10.00. The lowest BCUT2D eigenvalue weighted by molar-refractivity contribution is 0.415. The molecule has 0 saturated heterocycles. The van der Waals surface area contributed by atoms with Crippen LogP contribution in [0, 0.1) is 6.92 Å². The Morgan fingerprint density at radius 2 is 1.76 bits per heavy atom. The van der Waals surface area contributed by atoms with Crippen LogP contribution < -0.4 is 4.74 Å². The summed E-state index contributed by atoms with van der Waals surface area (Å²) in [7, 11) is 1.64. The minimum atomic E-state index is 0.636. The van der Waals surface area contributed by atoms with E-state index in [0.29, 0.717) is 10.0 Å². The van der Waals surface area contributed by atoms with E-state index in [1.165, 1.54) is 0 Å². The van der Waals surface area contributed by atoms with Crippen molar-refractivity contribution < 1.29 is 4.74 Å². The predicted octanol–water partition coefficient (Wildman–Crippen LogP) is 5.53. The summed E-state index contributed by atoms with van der Waals surface area (Å²) in [5, 5.41) is 2.28. The average molecular weight is 318 g/mol. The number of benzene rings is 2. The van der Waals surface area contributed by atoms with Crippen LogP contribution in [0.4, 0.5) is 0 Å². The molecule has 2 aromatic carbocycles. The predicted molar refractivity (Wildman–Crippen MR) is 88.5 cm³/mol. The molecule has 0 atom stereocenters. The summed E-state index contributed by atoms with van der Waals surface area (Å²) in [5.41, 5.74) is 3.59. The van der Waals surface area contributed by atoms with Gasteiger partial charge in [0.1, 0.15) is 5.75 Å². The molecule has 1 aromatic heterocycles. The highest BCUT2D eigenvalue weighted by Gasteiger charge is 2.12. The van der Waals surface area contributed by atoms with Crippen LogP contribution in [-0.4, -0.2) is 12.1 Å². The maximum Gasteiger partial charge on any atom is 0.119 e. The third kappa shape index (κ3) is 2.57. The zero-order valence-electron chi connectivity index (χ0n) is 11.7. The fraction of sp³-hybridized carbons (Fsp3) is 0.118. The number of halogens is 2. The fourth-order valence-corrected chi connectivity index (χ4v) is 2.84. The molecule has 21 heavy (non-hydrogen) atoms. The van der Waals surface area contributed by atoms with Gasteiger partial charge in [-0.25, -0.2) is 0 Å². The highest BCUT2D eigenvalue weighted by molar-refractivity contribution is 6.36. The zero-order valence-corrected chi connectivity index (χ0v) is 13.2. The number of hydrogen-bond donors (Lipinski definition) is 0. The van der Waals surface area contributed by atoms with Crippen molar-refractivity contribution in [2.45, 2.75) is 6.92 Å².